The van der Waals surface area contributed by atoms with Crippen molar-refractivity contribution < 1.29 is 0 Å². The number of anilines is 2. The number of pyridine rings is 2. The maximum Gasteiger partial charge on any atom is 0.137 e. The average Bonchev–Trinajstić information content (AvgIpc) is 3.26. The highest BCUT2D eigenvalue weighted by molar-refractivity contribution is 6.10. The first-order valence-electron chi connectivity index (χ1n) is 13.1. The van der Waals surface area contributed by atoms with Gasteiger partial charge < -0.3 is 4.90 Å². The van der Waals surface area contributed by atoms with Crippen LogP contribution in [0.1, 0.15) is 31.9 Å². The molecule has 3 aromatic heterocycles. The molecule has 188 valence electrons. The van der Waals surface area contributed by atoms with Gasteiger partial charge in [0, 0.05) is 35.9 Å². The van der Waals surface area contributed by atoms with Crippen molar-refractivity contribution >= 4 is 33.3 Å². The standard InChI is InChI=1S/C34H32N4/c1-23-15-17-36-33(19-23)38-30-12-7-6-11-28(30)29-14-13-25(21-31(29)38)24-9-8-10-27(20-24)37(5)32-22-26(16-18-35-32)34(2,3)4/h6-22H,1-5H3. The third-order valence-corrected chi connectivity index (χ3v) is 7.33. The summed E-state index contributed by atoms with van der Waals surface area (Å²) in [6, 6.07) is 32.5. The summed E-state index contributed by atoms with van der Waals surface area (Å²) in [5.41, 5.74) is 8.28. The quantitative estimate of drug-likeness (QED) is 0.245. The highest BCUT2D eigenvalue weighted by Crippen LogP contribution is 2.36. The Morgan fingerprint density at radius 2 is 1.45 bits per heavy atom. The van der Waals surface area contributed by atoms with Crippen molar-refractivity contribution in [2.45, 2.75) is 33.1 Å². The number of rotatable bonds is 4. The van der Waals surface area contributed by atoms with Gasteiger partial charge >= 0.3 is 0 Å². The van der Waals surface area contributed by atoms with E-state index in [9.17, 15) is 0 Å². The molecule has 4 nitrogen and oxygen atoms in total. The molecule has 0 atom stereocenters. The van der Waals surface area contributed by atoms with Gasteiger partial charge in [-0.2, -0.15) is 0 Å². The zero-order chi connectivity index (χ0) is 26.4. The molecule has 0 spiro atoms. The lowest BCUT2D eigenvalue weighted by Gasteiger charge is -2.23. The molecule has 0 N–H and O–H groups in total. The normalized spacial score (nSPS) is 11.8. The van der Waals surface area contributed by atoms with Crippen LogP contribution in [-0.4, -0.2) is 21.6 Å². The summed E-state index contributed by atoms with van der Waals surface area (Å²) < 4.78 is 2.28. The first-order chi connectivity index (χ1) is 18.3. The number of aromatic nitrogens is 3. The van der Waals surface area contributed by atoms with Crippen molar-refractivity contribution in [3.8, 4) is 16.9 Å². The number of benzene rings is 3. The third-order valence-electron chi connectivity index (χ3n) is 7.33. The molecule has 0 aliphatic rings. The molecule has 38 heavy (non-hydrogen) atoms. The Balaban J connectivity index is 1.46. The maximum absolute atomic E-state index is 4.73. The van der Waals surface area contributed by atoms with Crippen molar-refractivity contribution in [2.75, 3.05) is 11.9 Å². The van der Waals surface area contributed by atoms with Crippen LogP contribution < -0.4 is 4.90 Å². The lowest BCUT2D eigenvalue weighted by molar-refractivity contribution is 0.589. The number of aryl methyl sites for hydroxylation is 1. The van der Waals surface area contributed by atoms with E-state index in [2.05, 4.69) is 134 Å². The minimum atomic E-state index is 0.0698. The van der Waals surface area contributed by atoms with Crippen molar-refractivity contribution in [1.82, 2.24) is 14.5 Å². The molecular weight excluding hydrogens is 464 g/mol. The zero-order valence-corrected chi connectivity index (χ0v) is 22.6. The van der Waals surface area contributed by atoms with Crippen LogP contribution in [0.4, 0.5) is 11.5 Å². The van der Waals surface area contributed by atoms with E-state index in [1.165, 1.54) is 27.5 Å². The third kappa shape index (κ3) is 4.22. The summed E-state index contributed by atoms with van der Waals surface area (Å²) in [5, 5.41) is 2.46. The van der Waals surface area contributed by atoms with Crippen molar-refractivity contribution in [1.29, 1.82) is 0 Å². The molecule has 3 heterocycles. The largest absolute Gasteiger partial charge is 0.329 e. The molecule has 6 aromatic rings. The predicted octanol–water partition coefficient (Wildman–Crippen LogP) is 8.61. The Kier molecular flexibility index (Phi) is 5.76. The highest BCUT2D eigenvalue weighted by Gasteiger charge is 2.17. The fourth-order valence-corrected chi connectivity index (χ4v) is 5.13. The van der Waals surface area contributed by atoms with Gasteiger partial charge in [0.1, 0.15) is 11.6 Å². The minimum absolute atomic E-state index is 0.0698. The van der Waals surface area contributed by atoms with Gasteiger partial charge in [-0.05, 0) is 83.1 Å². The second kappa shape index (κ2) is 9.14. The summed E-state index contributed by atoms with van der Waals surface area (Å²) in [6.45, 7) is 8.80. The topological polar surface area (TPSA) is 34.0 Å². The number of hydrogen-bond donors (Lipinski definition) is 0. The van der Waals surface area contributed by atoms with Crippen LogP contribution in [0.5, 0.6) is 0 Å². The van der Waals surface area contributed by atoms with Gasteiger partial charge in [-0.25, -0.2) is 9.97 Å². The monoisotopic (exact) mass is 496 g/mol. The van der Waals surface area contributed by atoms with Crippen LogP contribution in [-0.2, 0) is 5.41 Å². The fourth-order valence-electron chi connectivity index (χ4n) is 5.13. The number of hydrogen-bond acceptors (Lipinski definition) is 3. The lowest BCUT2D eigenvalue weighted by atomic mass is 9.88. The summed E-state index contributed by atoms with van der Waals surface area (Å²) in [6.07, 6.45) is 3.79. The summed E-state index contributed by atoms with van der Waals surface area (Å²) in [7, 11) is 2.08. The van der Waals surface area contributed by atoms with Crippen molar-refractivity contribution in [2.24, 2.45) is 0 Å². The molecule has 0 unspecified atom stereocenters. The highest BCUT2D eigenvalue weighted by atomic mass is 15.2. The van der Waals surface area contributed by atoms with Crippen LogP contribution in [0.15, 0.2) is 103 Å². The molecule has 0 saturated heterocycles. The molecule has 6 rings (SSSR count). The maximum atomic E-state index is 4.73. The number of nitrogens with zero attached hydrogens (tertiary/aromatic N) is 4. The summed E-state index contributed by atoms with van der Waals surface area (Å²) in [4.78, 5) is 11.6. The average molecular weight is 497 g/mol. The van der Waals surface area contributed by atoms with E-state index in [0.717, 1.165) is 33.9 Å². The van der Waals surface area contributed by atoms with Gasteiger partial charge in [0.15, 0.2) is 0 Å². The van der Waals surface area contributed by atoms with E-state index in [0.29, 0.717) is 0 Å². The predicted molar refractivity (Wildman–Crippen MR) is 160 cm³/mol. The minimum Gasteiger partial charge on any atom is -0.329 e. The Labute approximate surface area is 224 Å². The van der Waals surface area contributed by atoms with Crippen molar-refractivity contribution in [3.63, 3.8) is 0 Å². The van der Waals surface area contributed by atoms with Crippen LogP contribution in [0.3, 0.4) is 0 Å². The van der Waals surface area contributed by atoms with Crippen LogP contribution >= 0.6 is 0 Å². The Bertz CT molecular complexity index is 1790. The number of fused-ring (bicyclic) bond motifs is 3. The SMILES string of the molecule is Cc1ccnc(-n2c3ccccc3c3ccc(-c4cccc(N(C)c5cc(C(C)(C)C)ccn5)c4)cc32)c1. The van der Waals surface area contributed by atoms with Crippen LogP contribution in [0.25, 0.3) is 38.8 Å². The molecule has 4 heteroatoms. The smallest absolute Gasteiger partial charge is 0.137 e. The van der Waals surface area contributed by atoms with Gasteiger partial charge in [0.2, 0.25) is 0 Å². The van der Waals surface area contributed by atoms with E-state index in [1.54, 1.807) is 0 Å². The van der Waals surface area contributed by atoms with Crippen LogP contribution in [0.2, 0.25) is 0 Å². The zero-order valence-electron chi connectivity index (χ0n) is 22.6. The molecule has 0 aliphatic heterocycles. The van der Waals surface area contributed by atoms with Gasteiger partial charge in [-0.1, -0.05) is 63.2 Å². The Hall–Kier alpha value is -4.44. The fraction of sp³-hybridized carbons (Fsp3) is 0.176. The Morgan fingerprint density at radius 3 is 2.26 bits per heavy atom. The molecule has 0 bridgehead atoms. The number of para-hydroxylation sites is 1. The Morgan fingerprint density at radius 1 is 0.684 bits per heavy atom. The molecule has 0 saturated carbocycles. The van der Waals surface area contributed by atoms with Gasteiger partial charge in [-0.15, -0.1) is 0 Å². The van der Waals surface area contributed by atoms with Crippen LogP contribution in [0, 0.1) is 6.92 Å². The molecular formula is C34H32N4. The van der Waals surface area contributed by atoms with E-state index < -0.39 is 0 Å². The van der Waals surface area contributed by atoms with E-state index in [1.807, 2.05) is 18.5 Å². The molecule has 0 amide bonds. The van der Waals surface area contributed by atoms with Gasteiger partial charge in [0.25, 0.3) is 0 Å². The molecule has 3 aromatic carbocycles. The van der Waals surface area contributed by atoms with E-state index >= 15 is 0 Å². The summed E-state index contributed by atoms with van der Waals surface area (Å²) >= 11 is 0. The lowest BCUT2D eigenvalue weighted by Crippen LogP contribution is -2.15. The van der Waals surface area contributed by atoms with E-state index in [-0.39, 0.29) is 5.41 Å². The molecule has 0 aliphatic carbocycles. The molecule has 0 fully saturated rings. The van der Waals surface area contributed by atoms with Crippen molar-refractivity contribution in [3.05, 3.63) is 115 Å². The van der Waals surface area contributed by atoms with Gasteiger partial charge in [-0.3, -0.25) is 4.57 Å². The summed E-state index contributed by atoms with van der Waals surface area (Å²) in [5.74, 6) is 1.88. The molecule has 0 radical (unpaired) electrons. The van der Waals surface area contributed by atoms with E-state index in [4.69, 9.17) is 4.98 Å². The first kappa shape index (κ1) is 23.9. The van der Waals surface area contributed by atoms with Gasteiger partial charge in [0.05, 0.1) is 11.0 Å². The second-order valence-corrected chi connectivity index (χ2v) is 11.0. The second-order valence-electron chi connectivity index (χ2n) is 11.0. The first-order valence-corrected chi connectivity index (χ1v) is 13.1.